The van der Waals surface area contributed by atoms with Gasteiger partial charge in [0.05, 0.1) is 15.9 Å². The molecular weight excluding hydrogens is 297 g/mol. The second-order valence-corrected chi connectivity index (χ2v) is 4.93. The van der Waals surface area contributed by atoms with Crippen LogP contribution in [0.2, 0.25) is 0 Å². The average molecular weight is 310 g/mol. The van der Waals surface area contributed by atoms with E-state index in [0.717, 1.165) is 16.9 Å². The van der Waals surface area contributed by atoms with Crippen molar-refractivity contribution in [3.8, 4) is 0 Å². The third kappa shape index (κ3) is 2.61. The number of nitrogen functional groups attached to an aromatic ring is 1. The molecule has 2 rings (SSSR count). The Morgan fingerprint density at radius 2 is 2.00 bits per heavy atom. The molecule has 0 radical (unpaired) electrons. The first-order chi connectivity index (χ1) is 8.47. The fraction of sp³-hybridized carbons (Fsp3) is 0.154. The molecular formula is C13H13BrFN3. The molecule has 0 saturated carbocycles. The fourth-order valence-corrected chi connectivity index (χ4v) is 1.90. The normalized spacial score (nSPS) is 10.4. The van der Waals surface area contributed by atoms with Gasteiger partial charge in [-0.2, -0.15) is 0 Å². The lowest BCUT2D eigenvalue weighted by Gasteiger charge is -2.11. The predicted octanol–water partition coefficient (Wildman–Crippen LogP) is 3.93. The van der Waals surface area contributed by atoms with Crippen LogP contribution in [0.25, 0.3) is 0 Å². The summed E-state index contributed by atoms with van der Waals surface area (Å²) < 4.78 is 13.7. The lowest BCUT2D eigenvalue weighted by atomic mass is 10.2. The van der Waals surface area contributed by atoms with Crippen LogP contribution in [-0.2, 0) is 0 Å². The molecule has 18 heavy (non-hydrogen) atoms. The number of nitrogens with zero attached hydrogens (tertiary/aromatic N) is 1. The highest BCUT2D eigenvalue weighted by molar-refractivity contribution is 9.10. The maximum absolute atomic E-state index is 13.3. The number of hydrogen-bond acceptors (Lipinski definition) is 3. The first-order valence-electron chi connectivity index (χ1n) is 5.43. The van der Waals surface area contributed by atoms with Gasteiger partial charge in [-0.25, -0.2) is 9.37 Å². The van der Waals surface area contributed by atoms with Gasteiger partial charge < -0.3 is 11.1 Å². The zero-order chi connectivity index (χ0) is 13.3. The number of benzene rings is 1. The summed E-state index contributed by atoms with van der Waals surface area (Å²) in [7, 11) is 0. The lowest BCUT2D eigenvalue weighted by molar-refractivity contribution is 0.620. The number of aryl methyl sites for hydroxylation is 2. The Hall–Kier alpha value is -1.62. The summed E-state index contributed by atoms with van der Waals surface area (Å²) in [5.74, 6) is 0.405. The minimum absolute atomic E-state index is 0.278. The van der Waals surface area contributed by atoms with E-state index in [2.05, 4.69) is 26.2 Å². The number of anilines is 3. The Labute approximate surface area is 113 Å². The molecule has 5 heteroatoms. The molecule has 3 nitrogen and oxygen atoms in total. The van der Waals surface area contributed by atoms with Crippen molar-refractivity contribution in [1.29, 1.82) is 0 Å². The second-order valence-electron chi connectivity index (χ2n) is 4.08. The molecule has 0 spiro atoms. The average Bonchev–Trinajstić information content (AvgIpc) is 2.31. The summed E-state index contributed by atoms with van der Waals surface area (Å²) in [6.07, 6.45) is 0. The Morgan fingerprint density at radius 3 is 2.67 bits per heavy atom. The first kappa shape index (κ1) is 12.8. The molecule has 1 aromatic carbocycles. The predicted molar refractivity (Wildman–Crippen MR) is 75.5 cm³/mol. The highest BCUT2D eigenvalue weighted by Crippen LogP contribution is 2.26. The summed E-state index contributed by atoms with van der Waals surface area (Å²) in [5, 5.41) is 3.14. The largest absolute Gasteiger partial charge is 0.397 e. The van der Waals surface area contributed by atoms with E-state index in [9.17, 15) is 4.39 Å². The Kier molecular flexibility index (Phi) is 3.52. The molecule has 1 aromatic heterocycles. The van der Waals surface area contributed by atoms with Gasteiger partial charge in [0.15, 0.2) is 0 Å². The van der Waals surface area contributed by atoms with Gasteiger partial charge in [-0.05, 0) is 59.6 Å². The van der Waals surface area contributed by atoms with Crippen molar-refractivity contribution in [1.82, 2.24) is 4.98 Å². The van der Waals surface area contributed by atoms with Crippen molar-refractivity contribution >= 4 is 33.1 Å². The van der Waals surface area contributed by atoms with Crippen LogP contribution in [0, 0.1) is 19.7 Å². The van der Waals surface area contributed by atoms with Gasteiger partial charge in [0, 0.05) is 5.69 Å². The first-order valence-corrected chi connectivity index (χ1v) is 6.22. The van der Waals surface area contributed by atoms with Crippen LogP contribution in [0.5, 0.6) is 0 Å². The lowest BCUT2D eigenvalue weighted by Crippen LogP contribution is -2.00. The van der Waals surface area contributed by atoms with Gasteiger partial charge in [-0.1, -0.05) is 0 Å². The number of hydrogen-bond donors (Lipinski definition) is 2. The molecule has 3 N–H and O–H groups in total. The van der Waals surface area contributed by atoms with Gasteiger partial charge in [0.2, 0.25) is 0 Å². The van der Waals surface area contributed by atoms with Crippen molar-refractivity contribution in [2.24, 2.45) is 0 Å². The van der Waals surface area contributed by atoms with E-state index in [-0.39, 0.29) is 5.82 Å². The molecule has 0 fully saturated rings. The summed E-state index contributed by atoms with van der Waals surface area (Å²) in [5.41, 5.74) is 8.74. The molecule has 0 aliphatic heterocycles. The molecule has 0 aliphatic carbocycles. The zero-order valence-corrected chi connectivity index (χ0v) is 11.7. The van der Waals surface area contributed by atoms with Crippen LogP contribution in [-0.4, -0.2) is 4.98 Å². The van der Waals surface area contributed by atoms with Gasteiger partial charge in [-0.3, -0.25) is 0 Å². The quantitative estimate of drug-likeness (QED) is 0.884. The van der Waals surface area contributed by atoms with Crippen LogP contribution in [0.3, 0.4) is 0 Å². The van der Waals surface area contributed by atoms with Gasteiger partial charge in [0.25, 0.3) is 0 Å². The molecule has 0 atom stereocenters. The molecule has 2 aromatic rings. The van der Waals surface area contributed by atoms with Crippen LogP contribution in [0.4, 0.5) is 21.6 Å². The summed E-state index contributed by atoms with van der Waals surface area (Å²) in [4.78, 5) is 4.32. The molecule has 1 heterocycles. The topological polar surface area (TPSA) is 50.9 Å². The molecule has 0 bridgehead atoms. The summed E-state index contributed by atoms with van der Waals surface area (Å²) in [6, 6.07) is 6.74. The van der Waals surface area contributed by atoms with Crippen molar-refractivity contribution in [3.05, 3.63) is 45.8 Å². The summed E-state index contributed by atoms with van der Waals surface area (Å²) in [6.45, 7) is 3.68. The number of halogens is 2. The molecule has 0 aliphatic rings. The third-order valence-corrected chi connectivity index (χ3v) is 3.26. The fourth-order valence-electron chi connectivity index (χ4n) is 1.56. The maximum Gasteiger partial charge on any atom is 0.137 e. The Bertz CT molecular complexity index is 599. The SMILES string of the molecule is Cc1cc(F)c(Br)cc1Nc1ccc(N)c(C)n1. The number of pyridine rings is 1. The minimum Gasteiger partial charge on any atom is -0.397 e. The van der Waals surface area contributed by atoms with Crippen molar-refractivity contribution in [2.75, 3.05) is 11.1 Å². The standard InChI is InChI=1S/C13H13BrFN3/c1-7-5-10(15)9(14)6-12(7)18-13-4-3-11(16)8(2)17-13/h3-6H,16H2,1-2H3,(H,17,18). The van der Waals surface area contributed by atoms with Gasteiger partial charge in [0.1, 0.15) is 11.6 Å². The summed E-state index contributed by atoms with van der Waals surface area (Å²) >= 11 is 3.16. The Balaban J connectivity index is 2.34. The van der Waals surface area contributed by atoms with E-state index in [1.165, 1.54) is 6.07 Å². The van der Waals surface area contributed by atoms with Crippen LogP contribution < -0.4 is 11.1 Å². The van der Waals surface area contributed by atoms with E-state index in [4.69, 9.17) is 5.73 Å². The van der Waals surface area contributed by atoms with E-state index in [1.807, 2.05) is 13.8 Å². The van der Waals surface area contributed by atoms with E-state index < -0.39 is 0 Å². The number of nitrogens with one attached hydrogen (secondary N) is 1. The van der Waals surface area contributed by atoms with E-state index in [1.54, 1.807) is 18.2 Å². The van der Waals surface area contributed by atoms with Crippen LogP contribution >= 0.6 is 15.9 Å². The Morgan fingerprint density at radius 1 is 1.28 bits per heavy atom. The second kappa shape index (κ2) is 4.94. The number of nitrogens with two attached hydrogens (primary N) is 1. The minimum atomic E-state index is -0.278. The molecule has 0 unspecified atom stereocenters. The van der Waals surface area contributed by atoms with Crippen molar-refractivity contribution < 1.29 is 4.39 Å². The van der Waals surface area contributed by atoms with Gasteiger partial charge in [-0.15, -0.1) is 0 Å². The van der Waals surface area contributed by atoms with Gasteiger partial charge >= 0.3 is 0 Å². The van der Waals surface area contributed by atoms with E-state index in [0.29, 0.717) is 16.0 Å². The van der Waals surface area contributed by atoms with E-state index >= 15 is 0 Å². The molecule has 94 valence electrons. The van der Waals surface area contributed by atoms with Crippen molar-refractivity contribution in [2.45, 2.75) is 13.8 Å². The van der Waals surface area contributed by atoms with Crippen molar-refractivity contribution in [3.63, 3.8) is 0 Å². The number of aromatic nitrogens is 1. The molecule has 0 amide bonds. The zero-order valence-electron chi connectivity index (χ0n) is 10.1. The monoisotopic (exact) mass is 309 g/mol. The third-order valence-electron chi connectivity index (χ3n) is 2.66. The maximum atomic E-state index is 13.3. The smallest absolute Gasteiger partial charge is 0.137 e. The van der Waals surface area contributed by atoms with Crippen LogP contribution in [0.1, 0.15) is 11.3 Å². The van der Waals surface area contributed by atoms with Crippen LogP contribution in [0.15, 0.2) is 28.7 Å². The molecule has 0 saturated heterocycles. The highest BCUT2D eigenvalue weighted by Gasteiger charge is 2.06. The highest BCUT2D eigenvalue weighted by atomic mass is 79.9. The number of rotatable bonds is 2.